The predicted molar refractivity (Wildman–Crippen MR) is 82.4 cm³/mol. The molecule has 3 rings (SSSR count). The van der Waals surface area contributed by atoms with E-state index in [-0.39, 0.29) is 0 Å². The minimum atomic E-state index is -0.496. The zero-order valence-electron chi connectivity index (χ0n) is 11.6. The summed E-state index contributed by atoms with van der Waals surface area (Å²) in [6, 6.07) is 9.72. The third-order valence-corrected chi connectivity index (χ3v) is 3.43. The molecule has 0 N–H and O–H groups in total. The highest BCUT2D eigenvalue weighted by molar-refractivity contribution is 6.31. The number of benzene rings is 1. The van der Waals surface area contributed by atoms with Crippen molar-refractivity contribution in [2.24, 2.45) is 5.10 Å². The van der Waals surface area contributed by atoms with Crippen LogP contribution in [0.2, 0.25) is 5.02 Å². The Balaban J connectivity index is 1.89. The summed E-state index contributed by atoms with van der Waals surface area (Å²) in [5.41, 5.74) is 1.13. The van der Waals surface area contributed by atoms with E-state index in [1.807, 2.05) is 0 Å². The first-order valence-electron chi connectivity index (χ1n) is 6.51. The van der Waals surface area contributed by atoms with Crippen LogP contribution in [0.4, 0.5) is 0 Å². The Morgan fingerprint density at radius 3 is 2.64 bits per heavy atom. The van der Waals surface area contributed by atoms with Crippen molar-refractivity contribution in [3.63, 3.8) is 0 Å². The first-order valence-corrected chi connectivity index (χ1v) is 6.89. The van der Waals surface area contributed by atoms with E-state index in [2.05, 4.69) is 5.10 Å². The number of hydrazone groups is 1. The molecule has 0 aliphatic carbocycles. The summed E-state index contributed by atoms with van der Waals surface area (Å²) in [5, 5.41) is 5.41. The van der Waals surface area contributed by atoms with Gasteiger partial charge < -0.3 is 4.42 Å². The maximum absolute atomic E-state index is 12.4. The summed E-state index contributed by atoms with van der Waals surface area (Å²) < 4.78 is 5.18. The van der Waals surface area contributed by atoms with Gasteiger partial charge in [0.15, 0.2) is 0 Å². The van der Waals surface area contributed by atoms with Gasteiger partial charge >= 0.3 is 0 Å². The molecule has 1 aliphatic heterocycles. The first-order chi connectivity index (χ1) is 10.6. The third kappa shape index (κ3) is 2.58. The van der Waals surface area contributed by atoms with E-state index in [1.165, 1.54) is 6.26 Å². The van der Waals surface area contributed by atoms with E-state index in [4.69, 9.17) is 16.0 Å². The lowest BCUT2D eigenvalue weighted by atomic mass is 10.1. The maximum atomic E-state index is 12.4. The molecule has 2 amide bonds. The van der Waals surface area contributed by atoms with E-state index >= 15 is 0 Å². The van der Waals surface area contributed by atoms with Crippen LogP contribution in [0, 0.1) is 0 Å². The molecule has 0 bridgehead atoms. The molecule has 1 aliphatic rings. The zero-order chi connectivity index (χ0) is 15.7. The molecule has 0 saturated heterocycles. The molecule has 2 aromatic rings. The zero-order valence-corrected chi connectivity index (χ0v) is 12.4. The highest BCUT2D eigenvalue weighted by Gasteiger charge is 2.33. The number of imide groups is 1. The van der Waals surface area contributed by atoms with Crippen molar-refractivity contribution in [2.45, 2.75) is 6.92 Å². The highest BCUT2D eigenvalue weighted by atomic mass is 35.5. The fourth-order valence-electron chi connectivity index (χ4n) is 2.05. The molecule has 2 heterocycles. The molecular formula is C16H11ClN2O3. The fraction of sp³-hybridized carbons (Fsp3) is 0.0625. The fourth-order valence-corrected chi connectivity index (χ4v) is 2.18. The molecule has 0 unspecified atom stereocenters. The minimum absolute atomic E-state index is 0.331. The van der Waals surface area contributed by atoms with Gasteiger partial charge in [0.1, 0.15) is 5.76 Å². The van der Waals surface area contributed by atoms with Gasteiger partial charge in [0.25, 0.3) is 11.8 Å². The van der Waals surface area contributed by atoms with Crippen LogP contribution in [-0.4, -0.2) is 22.5 Å². The minimum Gasteiger partial charge on any atom is -0.465 e. The Morgan fingerprint density at radius 1 is 1.27 bits per heavy atom. The van der Waals surface area contributed by atoms with Gasteiger partial charge in [0, 0.05) is 10.6 Å². The molecule has 0 fully saturated rings. The topological polar surface area (TPSA) is 62.9 Å². The quantitative estimate of drug-likeness (QED) is 0.630. The Bertz CT molecular complexity index is 789. The second-order valence-electron chi connectivity index (χ2n) is 4.69. The number of furan rings is 1. The van der Waals surface area contributed by atoms with Crippen LogP contribution in [-0.2, 0) is 4.79 Å². The summed E-state index contributed by atoms with van der Waals surface area (Å²) in [7, 11) is 0. The Kier molecular flexibility index (Phi) is 3.65. The van der Waals surface area contributed by atoms with Crippen molar-refractivity contribution in [3.8, 4) is 0 Å². The Hall–Kier alpha value is -2.66. The monoisotopic (exact) mass is 314 g/mol. The average molecular weight is 315 g/mol. The van der Waals surface area contributed by atoms with E-state index < -0.39 is 11.8 Å². The highest BCUT2D eigenvalue weighted by Crippen LogP contribution is 2.21. The van der Waals surface area contributed by atoms with Crippen LogP contribution in [0.15, 0.2) is 57.8 Å². The molecule has 0 atom stereocenters. The number of carbonyl (C=O) groups excluding carboxylic acids is 2. The van der Waals surface area contributed by atoms with Gasteiger partial charge in [0.2, 0.25) is 0 Å². The van der Waals surface area contributed by atoms with Crippen molar-refractivity contribution in [2.75, 3.05) is 0 Å². The van der Waals surface area contributed by atoms with Crippen LogP contribution >= 0.6 is 11.6 Å². The molecule has 22 heavy (non-hydrogen) atoms. The van der Waals surface area contributed by atoms with Gasteiger partial charge in [-0.25, -0.2) is 0 Å². The molecule has 6 heteroatoms. The number of rotatable bonds is 2. The summed E-state index contributed by atoms with van der Waals surface area (Å²) in [6.07, 6.45) is 3.07. The second-order valence-corrected chi connectivity index (χ2v) is 5.12. The van der Waals surface area contributed by atoms with Crippen molar-refractivity contribution in [1.82, 2.24) is 5.01 Å². The Morgan fingerprint density at radius 2 is 2.00 bits per heavy atom. The lowest BCUT2D eigenvalue weighted by Crippen LogP contribution is -2.29. The molecule has 1 aromatic heterocycles. The van der Waals surface area contributed by atoms with Crippen LogP contribution in [0.25, 0.3) is 6.08 Å². The van der Waals surface area contributed by atoms with Gasteiger partial charge in [-0.05, 0) is 49.4 Å². The number of nitrogens with zero attached hydrogens (tertiary/aromatic N) is 2. The van der Waals surface area contributed by atoms with E-state index in [0.717, 1.165) is 5.01 Å². The number of carbonyl (C=O) groups is 2. The van der Waals surface area contributed by atoms with Crippen molar-refractivity contribution >= 4 is 35.2 Å². The van der Waals surface area contributed by atoms with Crippen LogP contribution in [0.5, 0.6) is 0 Å². The number of amides is 2. The van der Waals surface area contributed by atoms with E-state index in [1.54, 1.807) is 49.4 Å². The van der Waals surface area contributed by atoms with E-state index in [9.17, 15) is 9.59 Å². The van der Waals surface area contributed by atoms with Gasteiger partial charge in [-0.1, -0.05) is 11.6 Å². The number of hydrogen-bond donors (Lipinski definition) is 0. The molecule has 0 radical (unpaired) electrons. The third-order valence-electron chi connectivity index (χ3n) is 3.18. The van der Waals surface area contributed by atoms with Gasteiger partial charge in [0.05, 0.1) is 17.5 Å². The number of halogens is 1. The van der Waals surface area contributed by atoms with Crippen LogP contribution in [0.3, 0.4) is 0 Å². The lowest BCUT2D eigenvalue weighted by Gasteiger charge is -2.09. The lowest BCUT2D eigenvalue weighted by molar-refractivity contribution is -0.123. The molecule has 110 valence electrons. The normalized spacial score (nSPS) is 16.3. The van der Waals surface area contributed by atoms with Crippen molar-refractivity contribution in [3.05, 3.63) is 64.6 Å². The number of hydrogen-bond acceptors (Lipinski definition) is 4. The van der Waals surface area contributed by atoms with Gasteiger partial charge in [-0.15, -0.1) is 0 Å². The molecule has 5 nitrogen and oxygen atoms in total. The second kappa shape index (κ2) is 5.61. The molecule has 1 aromatic carbocycles. The van der Waals surface area contributed by atoms with E-state index in [0.29, 0.717) is 27.6 Å². The molecule has 0 saturated carbocycles. The van der Waals surface area contributed by atoms with Crippen molar-refractivity contribution in [1.29, 1.82) is 0 Å². The SMILES string of the molecule is CC1=NN(C(=O)c2ccc(Cl)cc2)C(=O)/C1=C/c1ccco1. The van der Waals surface area contributed by atoms with Crippen molar-refractivity contribution < 1.29 is 14.0 Å². The van der Waals surface area contributed by atoms with Crippen LogP contribution in [0.1, 0.15) is 23.0 Å². The smallest absolute Gasteiger partial charge is 0.283 e. The average Bonchev–Trinajstić information content (AvgIpc) is 3.11. The Labute approximate surface area is 131 Å². The largest absolute Gasteiger partial charge is 0.465 e. The summed E-state index contributed by atoms with van der Waals surface area (Å²) in [6.45, 7) is 1.67. The van der Waals surface area contributed by atoms with Gasteiger partial charge in [-0.3, -0.25) is 9.59 Å². The maximum Gasteiger partial charge on any atom is 0.283 e. The first kappa shape index (κ1) is 14.3. The molecule has 0 spiro atoms. The summed E-state index contributed by atoms with van der Waals surface area (Å²) in [5.74, 6) is -0.448. The predicted octanol–water partition coefficient (Wildman–Crippen LogP) is 3.37. The standard InChI is InChI=1S/C16H11ClN2O3/c1-10-14(9-13-3-2-8-22-13)16(21)19(18-10)15(20)11-4-6-12(17)7-5-11/h2-9H,1H3/b14-9+. The summed E-state index contributed by atoms with van der Waals surface area (Å²) >= 11 is 5.79. The molecular weight excluding hydrogens is 304 g/mol. The van der Waals surface area contributed by atoms with Crippen LogP contribution < -0.4 is 0 Å². The summed E-state index contributed by atoms with van der Waals surface area (Å²) in [4.78, 5) is 24.7. The van der Waals surface area contributed by atoms with Gasteiger partial charge in [-0.2, -0.15) is 10.1 Å².